The maximum absolute atomic E-state index is 12.4. The Bertz CT molecular complexity index is 1060. The molecule has 2 aromatic carbocycles. The first-order chi connectivity index (χ1) is 12.1. The van der Waals surface area contributed by atoms with Crippen LogP contribution in [0.25, 0.3) is 22.4 Å². The van der Waals surface area contributed by atoms with E-state index in [1.807, 2.05) is 12.1 Å². The molecule has 2 aromatic heterocycles. The van der Waals surface area contributed by atoms with Gasteiger partial charge in [0.05, 0.1) is 0 Å². The van der Waals surface area contributed by atoms with Crippen molar-refractivity contribution >= 4 is 34.3 Å². The SMILES string of the molecule is Cc1nc2cc(NC(=O)c3ccc(-c4ccc(Cl)cc4)o3)ccc2o1. The van der Waals surface area contributed by atoms with E-state index in [1.165, 1.54) is 0 Å². The Morgan fingerprint density at radius 1 is 1.04 bits per heavy atom. The van der Waals surface area contributed by atoms with Crippen LogP contribution in [-0.4, -0.2) is 10.9 Å². The summed E-state index contributed by atoms with van der Waals surface area (Å²) in [5.74, 6) is 1.07. The first kappa shape index (κ1) is 15.5. The van der Waals surface area contributed by atoms with Crippen molar-refractivity contribution in [1.82, 2.24) is 4.98 Å². The Hall–Kier alpha value is -3.05. The van der Waals surface area contributed by atoms with Gasteiger partial charge in [-0.1, -0.05) is 11.6 Å². The summed E-state index contributed by atoms with van der Waals surface area (Å²) in [5.41, 5.74) is 2.84. The summed E-state index contributed by atoms with van der Waals surface area (Å²) in [5, 5.41) is 3.44. The number of nitrogens with zero attached hydrogens (tertiary/aromatic N) is 1. The van der Waals surface area contributed by atoms with Crippen LogP contribution in [0.5, 0.6) is 0 Å². The van der Waals surface area contributed by atoms with Gasteiger partial charge in [-0.2, -0.15) is 0 Å². The fourth-order valence-electron chi connectivity index (χ4n) is 2.54. The number of anilines is 1. The highest BCUT2D eigenvalue weighted by molar-refractivity contribution is 6.30. The van der Waals surface area contributed by atoms with Crippen molar-refractivity contribution in [2.24, 2.45) is 0 Å². The van der Waals surface area contributed by atoms with Crippen molar-refractivity contribution in [2.45, 2.75) is 6.92 Å². The number of amides is 1. The molecule has 1 N–H and O–H groups in total. The standard InChI is InChI=1S/C19H13ClN2O3/c1-11-21-15-10-14(6-7-17(15)24-11)22-19(23)18-9-8-16(25-18)12-2-4-13(20)5-3-12/h2-10H,1H3,(H,22,23). The van der Waals surface area contributed by atoms with Gasteiger partial charge in [-0.15, -0.1) is 0 Å². The van der Waals surface area contributed by atoms with E-state index in [-0.39, 0.29) is 11.7 Å². The zero-order valence-electron chi connectivity index (χ0n) is 13.2. The molecule has 0 saturated heterocycles. The Morgan fingerprint density at radius 3 is 2.64 bits per heavy atom. The monoisotopic (exact) mass is 352 g/mol. The third-order valence-corrected chi connectivity index (χ3v) is 3.96. The van der Waals surface area contributed by atoms with Crippen LogP contribution in [0.2, 0.25) is 5.02 Å². The van der Waals surface area contributed by atoms with Gasteiger partial charge >= 0.3 is 0 Å². The van der Waals surface area contributed by atoms with Crippen LogP contribution in [0, 0.1) is 6.92 Å². The Kier molecular flexibility index (Phi) is 3.78. The minimum atomic E-state index is -0.334. The second-order valence-electron chi connectivity index (χ2n) is 5.54. The fourth-order valence-corrected chi connectivity index (χ4v) is 2.67. The van der Waals surface area contributed by atoms with Gasteiger partial charge in [0.25, 0.3) is 5.91 Å². The van der Waals surface area contributed by atoms with Crippen molar-refractivity contribution < 1.29 is 13.6 Å². The number of hydrogen-bond acceptors (Lipinski definition) is 4. The highest BCUT2D eigenvalue weighted by Gasteiger charge is 2.13. The van der Waals surface area contributed by atoms with Crippen LogP contribution in [0.4, 0.5) is 5.69 Å². The second kappa shape index (κ2) is 6.11. The molecule has 4 rings (SSSR count). The third kappa shape index (κ3) is 3.14. The van der Waals surface area contributed by atoms with Gasteiger partial charge in [0.1, 0.15) is 11.3 Å². The van der Waals surface area contributed by atoms with Gasteiger partial charge in [-0.3, -0.25) is 4.79 Å². The molecular weight excluding hydrogens is 340 g/mol. The molecule has 4 aromatic rings. The molecular formula is C19H13ClN2O3. The van der Waals surface area contributed by atoms with Gasteiger partial charge in [-0.05, 0) is 54.6 Å². The molecule has 5 nitrogen and oxygen atoms in total. The highest BCUT2D eigenvalue weighted by Crippen LogP contribution is 2.25. The molecule has 0 unspecified atom stereocenters. The van der Waals surface area contributed by atoms with E-state index < -0.39 is 0 Å². The summed E-state index contributed by atoms with van der Waals surface area (Å²) in [6.07, 6.45) is 0. The maximum Gasteiger partial charge on any atom is 0.291 e. The molecule has 0 spiro atoms. The molecule has 6 heteroatoms. The van der Waals surface area contributed by atoms with Crippen molar-refractivity contribution in [1.29, 1.82) is 0 Å². The number of halogens is 1. The molecule has 0 atom stereocenters. The average Bonchev–Trinajstić information content (AvgIpc) is 3.21. The Labute approximate surface area is 148 Å². The number of nitrogens with one attached hydrogen (secondary N) is 1. The fraction of sp³-hybridized carbons (Fsp3) is 0.0526. The summed E-state index contributed by atoms with van der Waals surface area (Å²) in [4.78, 5) is 16.6. The molecule has 0 fully saturated rings. The van der Waals surface area contributed by atoms with Gasteiger partial charge in [0.15, 0.2) is 17.2 Å². The van der Waals surface area contributed by atoms with Crippen LogP contribution in [0.15, 0.2) is 63.4 Å². The van der Waals surface area contributed by atoms with E-state index in [0.29, 0.717) is 33.5 Å². The number of furan rings is 1. The lowest BCUT2D eigenvalue weighted by Gasteiger charge is -2.02. The Balaban J connectivity index is 1.55. The van der Waals surface area contributed by atoms with Crippen LogP contribution < -0.4 is 5.32 Å². The van der Waals surface area contributed by atoms with Gasteiger partial charge in [-0.25, -0.2) is 4.98 Å². The molecule has 25 heavy (non-hydrogen) atoms. The number of aromatic nitrogens is 1. The second-order valence-corrected chi connectivity index (χ2v) is 5.98. The minimum absolute atomic E-state index is 0.224. The van der Waals surface area contributed by atoms with Gasteiger partial charge in [0, 0.05) is 23.2 Å². The number of benzene rings is 2. The normalized spacial score (nSPS) is 11.0. The maximum atomic E-state index is 12.4. The van der Waals surface area contributed by atoms with Crippen LogP contribution in [0.3, 0.4) is 0 Å². The molecule has 0 aliphatic carbocycles. The number of rotatable bonds is 3. The predicted molar refractivity (Wildman–Crippen MR) is 95.9 cm³/mol. The van der Waals surface area contributed by atoms with E-state index in [0.717, 1.165) is 5.56 Å². The quantitative estimate of drug-likeness (QED) is 0.543. The lowest BCUT2D eigenvalue weighted by molar-refractivity contribution is 0.0997. The number of oxazole rings is 1. The van der Waals surface area contributed by atoms with Crippen LogP contribution >= 0.6 is 11.6 Å². The topological polar surface area (TPSA) is 68.3 Å². The summed E-state index contributed by atoms with van der Waals surface area (Å²) >= 11 is 5.88. The summed E-state index contributed by atoms with van der Waals surface area (Å²) in [7, 11) is 0. The largest absolute Gasteiger partial charge is 0.451 e. The number of fused-ring (bicyclic) bond motifs is 1. The predicted octanol–water partition coefficient (Wildman–Crippen LogP) is 5.30. The zero-order chi connectivity index (χ0) is 17.4. The van der Waals surface area contributed by atoms with Crippen molar-refractivity contribution in [3.8, 4) is 11.3 Å². The zero-order valence-corrected chi connectivity index (χ0v) is 14.0. The number of aryl methyl sites for hydroxylation is 1. The molecule has 124 valence electrons. The Morgan fingerprint density at radius 2 is 1.84 bits per heavy atom. The van der Waals surface area contributed by atoms with Crippen LogP contribution in [0.1, 0.15) is 16.4 Å². The lowest BCUT2D eigenvalue weighted by atomic mass is 10.2. The van der Waals surface area contributed by atoms with E-state index in [1.54, 1.807) is 49.4 Å². The molecule has 2 heterocycles. The molecule has 0 radical (unpaired) electrons. The van der Waals surface area contributed by atoms with E-state index in [9.17, 15) is 4.79 Å². The lowest BCUT2D eigenvalue weighted by Crippen LogP contribution is -2.10. The smallest absolute Gasteiger partial charge is 0.291 e. The molecule has 0 bridgehead atoms. The molecule has 0 saturated carbocycles. The molecule has 1 amide bonds. The van der Waals surface area contributed by atoms with Crippen molar-refractivity contribution in [3.63, 3.8) is 0 Å². The van der Waals surface area contributed by atoms with Gasteiger partial charge < -0.3 is 14.2 Å². The average molecular weight is 353 g/mol. The first-order valence-electron chi connectivity index (χ1n) is 7.63. The van der Waals surface area contributed by atoms with E-state index >= 15 is 0 Å². The van der Waals surface area contributed by atoms with Crippen molar-refractivity contribution in [2.75, 3.05) is 5.32 Å². The third-order valence-electron chi connectivity index (χ3n) is 3.71. The number of hydrogen-bond donors (Lipinski definition) is 1. The number of carbonyl (C=O) groups excluding carboxylic acids is 1. The van der Waals surface area contributed by atoms with E-state index in [2.05, 4.69) is 10.3 Å². The van der Waals surface area contributed by atoms with Crippen molar-refractivity contribution in [3.05, 3.63) is 71.3 Å². The van der Waals surface area contributed by atoms with Gasteiger partial charge in [0.2, 0.25) is 0 Å². The first-order valence-corrected chi connectivity index (χ1v) is 8.00. The summed E-state index contributed by atoms with van der Waals surface area (Å²) < 4.78 is 11.1. The highest BCUT2D eigenvalue weighted by atomic mass is 35.5. The molecule has 0 aliphatic rings. The van der Waals surface area contributed by atoms with Crippen LogP contribution in [-0.2, 0) is 0 Å². The molecule has 0 aliphatic heterocycles. The van der Waals surface area contributed by atoms with E-state index in [4.69, 9.17) is 20.4 Å². The minimum Gasteiger partial charge on any atom is -0.451 e. The summed E-state index contributed by atoms with van der Waals surface area (Å²) in [6.45, 7) is 1.78. The number of carbonyl (C=O) groups is 1. The summed E-state index contributed by atoms with van der Waals surface area (Å²) in [6, 6.07) is 15.9.